The predicted octanol–water partition coefficient (Wildman–Crippen LogP) is 6.07. The monoisotopic (exact) mass is 683 g/mol. The van der Waals surface area contributed by atoms with Gasteiger partial charge >= 0.3 is 6.01 Å². The summed E-state index contributed by atoms with van der Waals surface area (Å²) in [6.45, 7) is 2.35. The summed E-state index contributed by atoms with van der Waals surface area (Å²) in [5, 5.41) is 15.0. The third-order valence-electron chi connectivity index (χ3n) is 10.6. The van der Waals surface area contributed by atoms with Crippen LogP contribution in [0.25, 0.3) is 32.1 Å². The van der Waals surface area contributed by atoms with Crippen molar-refractivity contribution in [2.75, 3.05) is 43.5 Å². The molecule has 4 saturated heterocycles. The summed E-state index contributed by atoms with van der Waals surface area (Å²) in [6, 6.07) is 5.89. The predicted molar refractivity (Wildman–Crippen MR) is 175 cm³/mol. The fourth-order valence-electron chi connectivity index (χ4n) is 8.56. The van der Waals surface area contributed by atoms with E-state index in [0.717, 1.165) is 32.2 Å². The summed E-state index contributed by atoms with van der Waals surface area (Å²) in [5.74, 6) is 0.0257. The second-order valence-corrected chi connectivity index (χ2v) is 14.9. The molecule has 9 nitrogen and oxygen atoms in total. The van der Waals surface area contributed by atoms with Crippen molar-refractivity contribution in [2.45, 2.75) is 61.9 Å². The Labute approximate surface area is 277 Å². The number of nitrogens with one attached hydrogen (secondary N) is 1. The van der Waals surface area contributed by atoms with Crippen LogP contribution < -0.4 is 25.4 Å². The van der Waals surface area contributed by atoms with Crippen molar-refractivity contribution in [1.29, 1.82) is 5.26 Å². The molecule has 4 aromatic rings. The first-order chi connectivity index (χ1) is 22.3. The number of piperazine rings is 1. The van der Waals surface area contributed by atoms with E-state index in [0.29, 0.717) is 52.4 Å². The van der Waals surface area contributed by atoms with E-state index in [9.17, 15) is 9.65 Å². The smallest absolute Gasteiger partial charge is 0.319 e. The minimum Gasteiger partial charge on any atom is -0.489 e. The van der Waals surface area contributed by atoms with Crippen LogP contribution >= 0.6 is 34.5 Å². The number of nitrogens with two attached hydrogens (primary N) is 1. The molecule has 0 radical (unpaired) electrons. The summed E-state index contributed by atoms with van der Waals surface area (Å²) in [4.78, 5) is 13.9. The van der Waals surface area contributed by atoms with E-state index in [4.69, 9.17) is 43.4 Å². The highest BCUT2D eigenvalue weighted by molar-refractivity contribution is 7.23. The largest absolute Gasteiger partial charge is 0.489 e. The molecule has 2 bridgehead atoms. The maximum atomic E-state index is 17.3. The van der Waals surface area contributed by atoms with Gasteiger partial charge in [-0.3, -0.25) is 4.90 Å². The van der Waals surface area contributed by atoms with Crippen LogP contribution in [0.3, 0.4) is 0 Å². The number of nitrogen functional groups attached to an aromatic ring is 1. The number of aromatic nitrogens is 2. The summed E-state index contributed by atoms with van der Waals surface area (Å²) in [6.07, 6.45) is 3.25. The number of nitrogens with zero attached hydrogens (tertiary/aromatic N) is 5. The fraction of sp³-hybridized carbons (Fsp3) is 0.469. The Hall–Kier alpha value is -3.21. The molecular formula is C32H29Cl2F2N7O2S. The van der Waals surface area contributed by atoms with Gasteiger partial charge in [-0.05, 0) is 44.4 Å². The lowest BCUT2D eigenvalue weighted by Gasteiger charge is -2.40. The number of thiophene rings is 1. The normalized spacial score (nSPS) is 28.3. The van der Waals surface area contributed by atoms with E-state index in [1.165, 1.54) is 11.3 Å². The number of rotatable bonds is 4. The number of nitriles is 1. The average Bonchev–Trinajstić information content (AvgIpc) is 3.75. The van der Waals surface area contributed by atoms with Crippen LogP contribution in [0.2, 0.25) is 10.0 Å². The zero-order chi connectivity index (χ0) is 31.5. The van der Waals surface area contributed by atoms with Crippen LogP contribution in [-0.4, -0.2) is 77.6 Å². The molecule has 0 saturated carbocycles. The molecule has 2 aromatic carbocycles. The Kier molecular flexibility index (Phi) is 6.55. The van der Waals surface area contributed by atoms with E-state index >= 15 is 4.39 Å². The quantitative estimate of drug-likeness (QED) is 0.265. The number of hydrogen-bond donors (Lipinski definition) is 2. The lowest BCUT2D eigenvalue weighted by Crippen LogP contribution is -2.60. The molecule has 0 spiro atoms. The number of anilines is 2. The Morgan fingerprint density at radius 3 is 2.93 bits per heavy atom. The van der Waals surface area contributed by atoms with Crippen LogP contribution in [-0.2, 0) is 0 Å². The second-order valence-electron chi connectivity index (χ2n) is 13.1. The number of fused-ring (bicyclic) bond motifs is 7. The van der Waals surface area contributed by atoms with Crippen LogP contribution in [0.1, 0.15) is 37.7 Å². The van der Waals surface area contributed by atoms with Crippen LogP contribution in [0, 0.1) is 17.1 Å². The Morgan fingerprint density at radius 1 is 1.22 bits per heavy atom. The number of halogens is 4. The van der Waals surface area contributed by atoms with Gasteiger partial charge in [0.2, 0.25) is 0 Å². The summed E-state index contributed by atoms with van der Waals surface area (Å²) in [5.41, 5.74) is 6.17. The van der Waals surface area contributed by atoms with E-state index in [2.05, 4.69) is 26.2 Å². The van der Waals surface area contributed by atoms with Crippen molar-refractivity contribution in [2.24, 2.45) is 0 Å². The van der Waals surface area contributed by atoms with Crippen LogP contribution in [0.5, 0.6) is 11.8 Å². The van der Waals surface area contributed by atoms with Gasteiger partial charge in [-0.15, -0.1) is 11.3 Å². The minimum atomic E-state index is -0.915. The van der Waals surface area contributed by atoms with Gasteiger partial charge in [0.25, 0.3) is 0 Å². The lowest BCUT2D eigenvalue weighted by molar-refractivity contribution is 0.107. The third kappa shape index (κ3) is 4.08. The molecule has 7 heterocycles. The first-order valence-corrected chi connectivity index (χ1v) is 17.1. The summed E-state index contributed by atoms with van der Waals surface area (Å²) < 4.78 is 45.3. The Balaban J connectivity index is 1.27. The molecule has 5 aliphatic rings. The van der Waals surface area contributed by atoms with Crippen molar-refractivity contribution >= 4 is 66.3 Å². The zero-order valence-electron chi connectivity index (χ0n) is 24.6. The number of alkyl halides is 1. The van der Waals surface area contributed by atoms with Gasteiger partial charge in [0, 0.05) is 57.8 Å². The molecular weight excluding hydrogens is 655 g/mol. The maximum Gasteiger partial charge on any atom is 0.319 e. The van der Waals surface area contributed by atoms with Gasteiger partial charge in [0.05, 0.1) is 27.6 Å². The molecule has 4 fully saturated rings. The Bertz CT molecular complexity index is 2010. The van der Waals surface area contributed by atoms with Crippen LogP contribution in [0.4, 0.5) is 19.6 Å². The first kappa shape index (κ1) is 29.0. The van der Waals surface area contributed by atoms with Crippen molar-refractivity contribution < 1.29 is 18.3 Å². The molecule has 46 heavy (non-hydrogen) atoms. The SMILES string of the molecule is N#Cc1c(N)sc2ccc(Cl)c(-c3c(Cl)c4c5c(nc(OC[C@@]67CCCN6C[C@H](F)C7)nc5c3F)N3CC5CCC(N5)C3CO4)c12. The molecule has 0 aliphatic carbocycles. The highest BCUT2D eigenvalue weighted by Crippen LogP contribution is 2.53. The van der Waals surface area contributed by atoms with Gasteiger partial charge in [-0.2, -0.15) is 15.2 Å². The lowest BCUT2D eigenvalue weighted by atomic mass is 9.95. The summed E-state index contributed by atoms with van der Waals surface area (Å²) >= 11 is 15.1. The Morgan fingerprint density at radius 2 is 2.09 bits per heavy atom. The van der Waals surface area contributed by atoms with E-state index in [1.807, 2.05) is 0 Å². The highest BCUT2D eigenvalue weighted by atomic mass is 35.5. The zero-order valence-corrected chi connectivity index (χ0v) is 26.9. The minimum absolute atomic E-state index is 0.0116. The van der Waals surface area contributed by atoms with Gasteiger partial charge < -0.3 is 25.4 Å². The molecule has 2 aromatic heterocycles. The van der Waals surface area contributed by atoms with Gasteiger partial charge in [-0.1, -0.05) is 23.2 Å². The molecule has 9 rings (SSSR count). The molecule has 5 aliphatic heterocycles. The molecule has 238 valence electrons. The second kappa shape index (κ2) is 10.4. The number of ether oxygens (including phenoxy) is 2. The molecule has 0 amide bonds. The standard InChI is InChI=1S/C32H29Cl2F2N7O2S/c33-17-3-5-20-21(16(9-37)29(38)46-20)22(17)23-25(34)28-24-27(26(23)36)40-31(45-13-32-6-1-7-42(32)10-14(35)8-32)41-30(24)43-11-15-2-4-18(39-15)19(43)12-44-28/h3,5,14-15,18-19,39H,1-2,4,6-8,10-13,38H2/t14-,15?,18?,19?,32+/m1/s1. The van der Waals surface area contributed by atoms with Crippen molar-refractivity contribution in [3.05, 3.63) is 33.6 Å². The molecule has 3 N–H and O–H groups in total. The highest BCUT2D eigenvalue weighted by Gasteiger charge is 2.50. The van der Waals surface area contributed by atoms with Crippen molar-refractivity contribution in [1.82, 2.24) is 20.2 Å². The first-order valence-electron chi connectivity index (χ1n) is 15.6. The maximum absolute atomic E-state index is 17.3. The van der Waals surface area contributed by atoms with E-state index in [-0.39, 0.29) is 68.7 Å². The number of benzene rings is 2. The van der Waals surface area contributed by atoms with Gasteiger partial charge in [0.1, 0.15) is 41.8 Å². The van der Waals surface area contributed by atoms with Gasteiger partial charge in [0.15, 0.2) is 11.6 Å². The van der Waals surface area contributed by atoms with Crippen molar-refractivity contribution in [3.63, 3.8) is 0 Å². The average molecular weight is 685 g/mol. The topological polar surface area (TPSA) is 113 Å². The molecule has 14 heteroatoms. The fourth-order valence-corrected chi connectivity index (χ4v) is 10.1. The number of hydrogen-bond acceptors (Lipinski definition) is 10. The summed E-state index contributed by atoms with van der Waals surface area (Å²) in [7, 11) is 0. The molecule has 3 unspecified atom stereocenters. The van der Waals surface area contributed by atoms with E-state index < -0.39 is 17.5 Å². The van der Waals surface area contributed by atoms with Crippen molar-refractivity contribution in [3.8, 4) is 29.0 Å². The van der Waals surface area contributed by atoms with E-state index in [1.54, 1.807) is 12.1 Å². The van der Waals surface area contributed by atoms with Crippen LogP contribution in [0.15, 0.2) is 12.1 Å². The third-order valence-corrected chi connectivity index (χ3v) is 12.3. The van der Waals surface area contributed by atoms with Gasteiger partial charge in [-0.25, -0.2) is 8.78 Å². The molecule has 5 atom stereocenters.